The highest BCUT2D eigenvalue weighted by Crippen LogP contribution is 2.48. The van der Waals surface area contributed by atoms with Crippen LogP contribution in [0.5, 0.6) is 5.75 Å². The number of hydrogen-bond acceptors (Lipinski definition) is 5. The largest absolute Gasteiger partial charge is 0.486 e. The number of rotatable bonds is 5. The number of benzene rings is 3. The molecule has 0 saturated carbocycles. The van der Waals surface area contributed by atoms with Gasteiger partial charge in [0, 0.05) is 31.9 Å². The Labute approximate surface area is 232 Å². The molecule has 3 aromatic carbocycles. The molecule has 0 unspecified atom stereocenters. The molecule has 0 fully saturated rings. The van der Waals surface area contributed by atoms with Crippen LogP contribution in [-0.4, -0.2) is 18.9 Å². The molecule has 5 nitrogen and oxygen atoms in total. The minimum atomic E-state index is -0.714. The standard InChI is InChI=1S/C28H20Cl2INO4/c1-14-22(28(34)35-2)23(24-25(32-14)18-5-3-4-6-19(18)26(24)33)16-11-20(29)27(21(30)12-16)36-13-15-7-9-17(31)10-8-15/h3-12,23,32H,13H2,1-2H3/t23-/m0/s1. The summed E-state index contributed by atoms with van der Waals surface area (Å²) in [5, 5.41) is 3.83. The molecule has 3 aromatic rings. The molecular formula is C28H20Cl2INO4. The van der Waals surface area contributed by atoms with Gasteiger partial charge in [-0.25, -0.2) is 4.79 Å². The lowest BCUT2D eigenvalue weighted by atomic mass is 9.80. The second-order valence-corrected chi connectivity index (χ2v) is 10.5. The van der Waals surface area contributed by atoms with Crippen molar-refractivity contribution in [1.29, 1.82) is 0 Å². The maximum atomic E-state index is 13.5. The van der Waals surface area contributed by atoms with Crippen LogP contribution in [0.2, 0.25) is 10.0 Å². The van der Waals surface area contributed by atoms with Gasteiger partial charge in [0.2, 0.25) is 0 Å². The number of carbonyl (C=O) groups excluding carboxylic acids is 2. The van der Waals surface area contributed by atoms with E-state index in [1.807, 2.05) is 42.5 Å². The third-order valence-corrected chi connectivity index (χ3v) is 7.59. The maximum absolute atomic E-state index is 13.5. The van der Waals surface area contributed by atoms with Gasteiger partial charge in [-0.1, -0.05) is 59.6 Å². The molecule has 1 heterocycles. The van der Waals surface area contributed by atoms with Gasteiger partial charge in [-0.2, -0.15) is 0 Å². The summed E-state index contributed by atoms with van der Waals surface area (Å²) in [4.78, 5) is 26.4. The molecule has 1 aliphatic heterocycles. The first-order valence-corrected chi connectivity index (χ1v) is 12.9. The van der Waals surface area contributed by atoms with Gasteiger partial charge in [-0.3, -0.25) is 4.79 Å². The minimum absolute atomic E-state index is 0.154. The summed E-state index contributed by atoms with van der Waals surface area (Å²) in [6.07, 6.45) is 0. The highest BCUT2D eigenvalue weighted by Gasteiger charge is 2.43. The van der Waals surface area contributed by atoms with Gasteiger partial charge >= 0.3 is 5.97 Å². The second-order valence-electron chi connectivity index (χ2n) is 8.48. The van der Waals surface area contributed by atoms with Crippen LogP contribution in [0, 0.1) is 3.57 Å². The highest BCUT2D eigenvalue weighted by atomic mass is 127. The van der Waals surface area contributed by atoms with Crippen LogP contribution in [0.15, 0.2) is 77.5 Å². The average molecular weight is 632 g/mol. The second kappa shape index (κ2) is 9.92. The molecule has 5 rings (SSSR count). The van der Waals surface area contributed by atoms with Crippen LogP contribution in [0.1, 0.15) is 39.9 Å². The van der Waals surface area contributed by atoms with Crippen LogP contribution in [0.4, 0.5) is 0 Å². The van der Waals surface area contributed by atoms with Crippen molar-refractivity contribution in [3.05, 3.63) is 113 Å². The average Bonchev–Trinajstić information content (AvgIpc) is 3.14. The fraction of sp³-hybridized carbons (Fsp3) is 0.143. The molecule has 1 atom stereocenters. The predicted molar refractivity (Wildman–Crippen MR) is 148 cm³/mol. The van der Waals surface area contributed by atoms with Gasteiger partial charge < -0.3 is 14.8 Å². The Morgan fingerprint density at radius 3 is 2.31 bits per heavy atom. The number of dihydropyridines is 1. The van der Waals surface area contributed by atoms with E-state index in [2.05, 4.69) is 27.9 Å². The Bertz CT molecular complexity index is 1450. The first-order valence-electron chi connectivity index (χ1n) is 11.1. The zero-order valence-corrected chi connectivity index (χ0v) is 23.0. The van der Waals surface area contributed by atoms with Crippen molar-refractivity contribution in [1.82, 2.24) is 5.32 Å². The van der Waals surface area contributed by atoms with Gasteiger partial charge in [0.1, 0.15) is 6.61 Å². The van der Waals surface area contributed by atoms with E-state index in [0.717, 1.165) is 14.7 Å². The molecule has 0 saturated heterocycles. The molecule has 8 heteroatoms. The Balaban J connectivity index is 1.57. The van der Waals surface area contributed by atoms with Gasteiger partial charge in [0.15, 0.2) is 11.5 Å². The van der Waals surface area contributed by atoms with Crippen molar-refractivity contribution in [3.63, 3.8) is 0 Å². The number of hydrogen-bond donors (Lipinski definition) is 1. The third-order valence-electron chi connectivity index (χ3n) is 6.30. The van der Waals surface area contributed by atoms with E-state index in [0.29, 0.717) is 46.0 Å². The van der Waals surface area contributed by atoms with Gasteiger partial charge in [0.05, 0.1) is 28.4 Å². The van der Waals surface area contributed by atoms with Crippen molar-refractivity contribution in [3.8, 4) is 5.75 Å². The van der Waals surface area contributed by atoms with E-state index >= 15 is 0 Å². The molecule has 36 heavy (non-hydrogen) atoms. The van der Waals surface area contributed by atoms with Crippen LogP contribution in [0.25, 0.3) is 5.70 Å². The van der Waals surface area contributed by atoms with Crippen molar-refractivity contribution < 1.29 is 19.1 Å². The fourth-order valence-electron chi connectivity index (χ4n) is 4.66. The summed E-state index contributed by atoms with van der Waals surface area (Å²) < 4.78 is 12.2. The monoisotopic (exact) mass is 631 g/mol. The summed E-state index contributed by atoms with van der Waals surface area (Å²) in [5.41, 5.74) is 5.01. The summed E-state index contributed by atoms with van der Waals surface area (Å²) in [6, 6.07) is 18.7. The van der Waals surface area contributed by atoms with Gasteiger partial charge in [0.25, 0.3) is 0 Å². The number of allylic oxidation sites excluding steroid dienone is 2. The van der Waals surface area contributed by atoms with Gasteiger partial charge in [-0.05, 0) is 64.9 Å². The number of ether oxygens (including phenoxy) is 2. The minimum Gasteiger partial charge on any atom is -0.486 e. The summed E-state index contributed by atoms with van der Waals surface area (Å²) >= 11 is 15.5. The molecule has 0 spiro atoms. The van der Waals surface area contributed by atoms with Crippen molar-refractivity contribution in [2.75, 3.05) is 7.11 Å². The van der Waals surface area contributed by atoms with E-state index in [1.54, 1.807) is 25.1 Å². The lowest BCUT2D eigenvalue weighted by molar-refractivity contribution is -0.136. The van der Waals surface area contributed by atoms with Crippen LogP contribution in [0.3, 0.4) is 0 Å². The smallest absolute Gasteiger partial charge is 0.336 e. The molecule has 0 radical (unpaired) electrons. The van der Waals surface area contributed by atoms with Crippen molar-refractivity contribution in [2.24, 2.45) is 0 Å². The number of nitrogens with one attached hydrogen (secondary N) is 1. The Kier molecular flexibility index (Phi) is 6.85. The number of ketones is 1. The Morgan fingerprint density at radius 2 is 1.67 bits per heavy atom. The fourth-order valence-corrected chi connectivity index (χ4v) is 5.64. The summed E-state index contributed by atoms with van der Waals surface area (Å²) in [5.74, 6) is -1.07. The quantitative estimate of drug-likeness (QED) is 0.245. The summed E-state index contributed by atoms with van der Waals surface area (Å²) in [7, 11) is 1.32. The first-order chi connectivity index (χ1) is 17.3. The van der Waals surface area contributed by atoms with Crippen molar-refractivity contribution in [2.45, 2.75) is 19.4 Å². The number of methoxy groups -OCH3 is 1. The topological polar surface area (TPSA) is 64.6 Å². The molecule has 182 valence electrons. The zero-order chi connectivity index (χ0) is 25.6. The van der Waals surface area contributed by atoms with Gasteiger partial charge in [-0.15, -0.1) is 0 Å². The highest BCUT2D eigenvalue weighted by molar-refractivity contribution is 14.1. The molecule has 1 aliphatic carbocycles. The van der Waals surface area contributed by atoms with Crippen LogP contribution < -0.4 is 10.1 Å². The lowest BCUT2D eigenvalue weighted by Gasteiger charge is -2.29. The third kappa shape index (κ3) is 4.31. The molecule has 2 aliphatic rings. The number of Topliss-reactive ketones (excluding diaryl/α,β-unsaturated/α-hetero) is 1. The van der Waals surface area contributed by atoms with E-state index < -0.39 is 11.9 Å². The zero-order valence-electron chi connectivity index (χ0n) is 19.3. The molecule has 0 bridgehead atoms. The Hall–Kier alpha value is -2.81. The SMILES string of the molecule is COC(=O)C1=C(C)NC2=C(C(=O)c3ccccc32)[C@H]1c1cc(Cl)c(OCc2ccc(I)cc2)c(Cl)c1. The molecule has 0 aromatic heterocycles. The number of halogens is 3. The Morgan fingerprint density at radius 1 is 1.03 bits per heavy atom. The number of esters is 1. The van der Waals surface area contributed by atoms with E-state index in [-0.39, 0.29) is 15.8 Å². The van der Waals surface area contributed by atoms with E-state index in [4.69, 9.17) is 32.7 Å². The number of carbonyl (C=O) groups is 2. The number of fused-ring (bicyclic) bond motifs is 2. The first kappa shape index (κ1) is 24.9. The van der Waals surface area contributed by atoms with Crippen LogP contribution in [-0.2, 0) is 16.1 Å². The van der Waals surface area contributed by atoms with E-state index in [1.165, 1.54) is 7.11 Å². The maximum Gasteiger partial charge on any atom is 0.336 e. The van der Waals surface area contributed by atoms with Crippen molar-refractivity contribution >= 4 is 63.2 Å². The normalized spacial score (nSPS) is 16.5. The predicted octanol–water partition coefficient (Wildman–Crippen LogP) is 6.92. The lowest BCUT2D eigenvalue weighted by Crippen LogP contribution is -2.29. The molecule has 1 N–H and O–H groups in total. The molecular weight excluding hydrogens is 612 g/mol. The summed E-state index contributed by atoms with van der Waals surface area (Å²) in [6.45, 7) is 2.08. The van der Waals surface area contributed by atoms with Crippen LogP contribution >= 0.6 is 45.8 Å². The molecule has 0 amide bonds. The van der Waals surface area contributed by atoms with E-state index in [9.17, 15) is 9.59 Å².